The average molecular weight is 378 g/mol. The summed E-state index contributed by atoms with van der Waals surface area (Å²) in [5.41, 5.74) is 0. The summed E-state index contributed by atoms with van der Waals surface area (Å²) in [6.45, 7) is 1.04. The van der Waals surface area contributed by atoms with E-state index in [1.807, 2.05) is 24.3 Å². The molecule has 8 nitrogen and oxygen atoms in total. The number of aromatic nitrogens is 2. The van der Waals surface area contributed by atoms with Crippen molar-refractivity contribution in [3.63, 3.8) is 0 Å². The highest BCUT2D eigenvalue weighted by molar-refractivity contribution is 7.91. The van der Waals surface area contributed by atoms with Gasteiger partial charge in [0.1, 0.15) is 36.1 Å². The summed E-state index contributed by atoms with van der Waals surface area (Å²) in [5.74, 6) is 3.19. The second kappa shape index (κ2) is 8.22. The molecule has 26 heavy (non-hydrogen) atoms. The molecule has 1 fully saturated rings. The number of rotatable bonds is 8. The largest absolute Gasteiger partial charge is 0.497 e. The van der Waals surface area contributed by atoms with Crippen molar-refractivity contribution in [2.24, 2.45) is 0 Å². The van der Waals surface area contributed by atoms with Gasteiger partial charge in [-0.15, -0.1) is 0 Å². The number of methoxy groups -OCH3 is 1. The first-order chi connectivity index (χ1) is 12.5. The monoisotopic (exact) mass is 378 g/mol. The van der Waals surface area contributed by atoms with Crippen molar-refractivity contribution >= 4 is 21.5 Å². The number of anilines is 2. The second-order valence-electron chi connectivity index (χ2n) is 5.98. The molecule has 0 aliphatic carbocycles. The van der Waals surface area contributed by atoms with E-state index in [4.69, 9.17) is 9.47 Å². The van der Waals surface area contributed by atoms with Gasteiger partial charge >= 0.3 is 0 Å². The van der Waals surface area contributed by atoms with E-state index >= 15 is 0 Å². The minimum atomic E-state index is -2.92. The van der Waals surface area contributed by atoms with Gasteiger partial charge in [-0.05, 0) is 30.7 Å². The summed E-state index contributed by atoms with van der Waals surface area (Å²) in [6, 6.07) is 9.05. The van der Waals surface area contributed by atoms with Gasteiger partial charge in [0.15, 0.2) is 9.84 Å². The predicted octanol–water partition coefficient (Wildman–Crippen LogP) is 1.58. The molecule has 1 atom stereocenters. The molecule has 0 saturated carbocycles. The van der Waals surface area contributed by atoms with E-state index in [-0.39, 0.29) is 17.5 Å². The van der Waals surface area contributed by atoms with Crippen molar-refractivity contribution in [3.8, 4) is 11.5 Å². The summed E-state index contributed by atoms with van der Waals surface area (Å²) in [6.07, 6.45) is 2.04. The number of benzene rings is 1. The fraction of sp³-hybridized carbons (Fsp3) is 0.412. The van der Waals surface area contributed by atoms with Crippen LogP contribution in [0, 0.1) is 0 Å². The molecule has 9 heteroatoms. The lowest BCUT2D eigenvalue weighted by Crippen LogP contribution is -2.21. The molecule has 1 unspecified atom stereocenters. The first-order valence-corrected chi connectivity index (χ1v) is 10.2. The summed E-state index contributed by atoms with van der Waals surface area (Å²) >= 11 is 0. The Morgan fingerprint density at radius 2 is 1.88 bits per heavy atom. The highest BCUT2D eigenvalue weighted by atomic mass is 32.2. The van der Waals surface area contributed by atoms with Gasteiger partial charge in [-0.25, -0.2) is 18.4 Å². The maximum Gasteiger partial charge on any atom is 0.152 e. The SMILES string of the molecule is COc1ccc(OCCNc2cc(NC3CCS(=O)(=O)C3)ncn2)cc1. The third kappa shape index (κ3) is 5.22. The fourth-order valence-corrected chi connectivity index (χ4v) is 4.34. The van der Waals surface area contributed by atoms with Gasteiger partial charge in [0.05, 0.1) is 25.2 Å². The third-order valence-corrected chi connectivity index (χ3v) is 5.76. The normalized spacial score (nSPS) is 18.3. The summed E-state index contributed by atoms with van der Waals surface area (Å²) in [4.78, 5) is 8.30. The number of sulfone groups is 1. The van der Waals surface area contributed by atoms with Gasteiger partial charge in [-0.1, -0.05) is 0 Å². The minimum Gasteiger partial charge on any atom is -0.497 e. The zero-order valence-electron chi connectivity index (χ0n) is 14.5. The van der Waals surface area contributed by atoms with Crippen LogP contribution >= 0.6 is 0 Å². The molecule has 0 amide bonds. The van der Waals surface area contributed by atoms with Gasteiger partial charge in [-0.2, -0.15) is 0 Å². The molecular formula is C17H22N4O4S. The summed E-state index contributed by atoms with van der Waals surface area (Å²) < 4.78 is 33.8. The summed E-state index contributed by atoms with van der Waals surface area (Å²) in [5, 5.41) is 6.31. The molecule has 0 spiro atoms. The number of hydrogen-bond donors (Lipinski definition) is 2. The molecule has 1 aliphatic heterocycles. The highest BCUT2D eigenvalue weighted by Crippen LogP contribution is 2.18. The van der Waals surface area contributed by atoms with Crippen molar-refractivity contribution in [2.45, 2.75) is 12.5 Å². The molecule has 140 valence electrons. The number of nitrogens with zero attached hydrogens (tertiary/aromatic N) is 2. The average Bonchev–Trinajstić information content (AvgIpc) is 2.98. The van der Waals surface area contributed by atoms with Crippen LogP contribution < -0.4 is 20.1 Å². The predicted molar refractivity (Wildman–Crippen MR) is 99.7 cm³/mol. The zero-order valence-corrected chi connectivity index (χ0v) is 15.3. The molecule has 0 bridgehead atoms. The standard InChI is InChI=1S/C17H22N4O4S/c1-24-14-2-4-15(5-3-14)25-8-7-18-16-10-17(20-12-19-16)21-13-6-9-26(22,23)11-13/h2-5,10,12-13H,6-9,11H2,1H3,(H2,18,19,20,21). The molecule has 2 aromatic rings. The lowest BCUT2D eigenvalue weighted by molar-refractivity contribution is 0.331. The van der Waals surface area contributed by atoms with Crippen molar-refractivity contribution in [1.29, 1.82) is 0 Å². The molecule has 0 radical (unpaired) electrons. The van der Waals surface area contributed by atoms with Crippen LogP contribution in [0.15, 0.2) is 36.7 Å². The molecule has 1 aromatic carbocycles. The van der Waals surface area contributed by atoms with E-state index in [1.54, 1.807) is 13.2 Å². The van der Waals surface area contributed by atoms with Crippen molar-refractivity contribution in [3.05, 3.63) is 36.7 Å². The lowest BCUT2D eigenvalue weighted by atomic mass is 10.2. The van der Waals surface area contributed by atoms with Crippen LogP contribution in [0.4, 0.5) is 11.6 Å². The van der Waals surface area contributed by atoms with E-state index in [0.29, 0.717) is 31.2 Å². The van der Waals surface area contributed by atoms with E-state index in [0.717, 1.165) is 11.5 Å². The van der Waals surface area contributed by atoms with Crippen LogP contribution in [-0.2, 0) is 9.84 Å². The van der Waals surface area contributed by atoms with E-state index in [2.05, 4.69) is 20.6 Å². The Balaban J connectivity index is 1.45. The Bertz CT molecular complexity index is 827. The maximum absolute atomic E-state index is 11.5. The van der Waals surface area contributed by atoms with Crippen molar-refractivity contribution in [2.75, 3.05) is 42.4 Å². The lowest BCUT2D eigenvalue weighted by Gasteiger charge is -2.13. The topological polar surface area (TPSA) is 102 Å². The van der Waals surface area contributed by atoms with Gasteiger partial charge in [0.2, 0.25) is 0 Å². The van der Waals surface area contributed by atoms with Crippen molar-refractivity contribution in [1.82, 2.24) is 9.97 Å². The van der Waals surface area contributed by atoms with Crippen LogP contribution in [0.25, 0.3) is 0 Å². The molecule has 1 saturated heterocycles. The van der Waals surface area contributed by atoms with Gasteiger partial charge in [0, 0.05) is 12.1 Å². The Morgan fingerprint density at radius 3 is 2.58 bits per heavy atom. The molecule has 1 aromatic heterocycles. The zero-order chi connectivity index (χ0) is 18.4. The number of nitrogens with one attached hydrogen (secondary N) is 2. The Hall–Kier alpha value is -2.55. The number of ether oxygens (including phenoxy) is 2. The Labute approximate surface area is 152 Å². The first kappa shape index (κ1) is 18.2. The highest BCUT2D eigenvalue weighted by Gasteiger charge is 2.27. The first-order valence-electron chi connectivity index (χ1n) is 8.34. The second-order valence-corrected chi connectivity index (χ2v) is 8.21. The molecular weight excluding hydrogens is 356 g/mol. The number of hydrogen-bond acceptors (Lipinski definition) is 8. The molecule has 1 aliphatic rings. The minimum absolute atomic E-state index is 0.0962. The van der Waals surface area contributed by atoms with E-state index in [1.165, 1.54) is 6.33 Å². The van der Waals surface area contributed by atoms with Crippen LogP contribution in [0.3, 0.4) is 0 Å². The van der Waals surface area contributed by atoms with Crippen molar-refractivity contribution < 1.29 is 17.9 Å². The van der Waals surface area contributed by atoms with Gasteiger partial charge in [-0.3, -0.25) is 0 Å². The quantitative estimate of drug-likeness (QED) is 0.668. The van der Waals surface area contributed by atoms with Crippen LogP contribution in [-0.4, -0.2) is 56.2 Å². The Kier molecular flexibility index (Phi) is 5.77. The molecule has 2 N–H and O–H groups in total. The smallest absolute Gasteiger partial charge is 0.152 e. The summed E-state index contributed by atoms with van der Waals surface area (Å²) in [7, 11) is -1.30. The maximum atomic E-state index is 11.5. The molecule has 3 rings (SSSR count). The third-order valence-electron chi connectivity index (χ3n) is 3.99. The molecule has 2 heterocycles. The van der Waals surface area contributed by atoms with Crippen LogP contribution in [0.5, 0.6) is 11.5 Å². The Morgan fingerprint density at radius 1 is 1.15 bits per heavy atom. The van der Waals surface area contributed by atoms with E-state index in [9.17, 15) is 8.42 Å². The van der Waals surface area contributed by atoms with Gasteiger partial charge < -0.3 is 20.1 Å². The van der Waals surface area contributed by atoms with E-state index < -0.39 is 9.84 Å². The fourth-order valence-electron chi connectivity index (χ4n) is 2.67. The van der Waals surface area contributed by atoms with Crippen LogP contribution in [0.1, 0.15) is 6.42 Å². The van der Waals surface area contributed by atoms with Crippen LogP contribution in [0.2, 0.25) is 0 Å². The van der Waals surface area contributed by atoms with Gasteiger partial charge in [0.25, 0.3) is 0 Å².